The molecule has 0 aliphatic carbocycles. The lowest BCUT2D eigenvalue weighted by Gasteiger charge is -2.48. The molecule has 200 valence electrons. The van der Waals surface area contributed by atoms with Gasteiger partial charge in [-0.05, 0) is 83.6 Å². The normalized spacial score (nSPS) is 18.1. The SMILES string of the molecule is CS(=O)(=O)c1cccc(-c2ccc(C3C(CC[C@H](O)c4ccc(F)cc4)C(=O)N3c3ccc(F)cc3)cc2)c1. The summed E-state index contributed by atoms with van der Waals surface area (Å²) in [4.78, 5) is 15.2. The van der Waals surface area contributed by atoms with E-state index in [4.69, 9.17) is 0 Å². The first-order chi connectivity index (χ1) is 18.6. The van der Waals surface area contributed by atoms with Gasteiger partial charge in [0.2, 0.25) is 5.91 Å². The van der Waals surface area contributed by atoms with Crippen molar-refractivity contribution in [2.75, 3.05) is 11.2 Å². The highest BCUT2D eigenvalue weighted by atomic mass is 32.2. The molecule has 8 heteroatoms. The number of hydrogen-bond acceptors (Lipinski definition) is 4. The number of sulfone groups is 1. The van der Waals surface area contributed by atoms with Crippen molar-refractivity contribution >= 4 is 21.4 Å². The molecule has 1 heterocycles. The highest BCUT2D eigenvalue weighted by Gasteiger charge is 2.48. The molecule has 1 saturated heterocycles. The van der Waals surface area contributed by atoms with Crippen LogP contribution in [0.5, 0.6) is 0 Å². The number of anilines is 1. The minimum absolute atomic E-state index is 0.122. The van der Waals surface area contributed by atoms with Crippen molar-refractivity contribution in [2.24, 2.45) is 5.92 Å². The van der Waals surface area contributed by atoms with E-state index in [0.29, 0.717) is 24.1 Å². The van der Waals surface area contributed by atoms with Crippen LogP contribution in [-0.4, -0.2) is 25.7 Å². The second-order valence-corrected chi connectivity index (χ2v) is 11.8. The third-order valence-electron chi connectivity index (χ3n) is 7.17. The minimum atomic E-state index is -3.35. The smallest absolute Gasteiger partial charge is 0.233 e. The summed E-state index contributed by atoms with van der Waals surface area (Å²) in [6, 6.07) is 25.3. The summed E-state index contributed by atoms with van der Waals surface area (Å²) in [5, 5.41) is 10.6. The molecule has 2 unspecified atom stereocenters. The number of hydrogen-bond donors (Lipinski definition) is 1. The lowest BCUT2D eigenvalue weighted by Crippen LogP contribution is -2.55. The van der Waals surface area contributed by atoms with E-state index in [1.807, 2.05) is 30.3 Å². The van der Waals surface area contributed by atoms with Crippen molar-refractivity contribution < 1.29 is 27.1 Å². The summed E-state index contributed by atoms with van der Waals surface area (Å²) in [5.74, 6) is -1.32. The quantitative estimate of drug-likeness (QED) is 0.265. The Labute approximate surface area is 226 Å². The van der Waals surface area contributed by atoms with Crippen molar-refractivity contribution in [3.8, 4) is 11.1 Å². The molecule has 0 aromatic heterocycles. The third kappa shape index (κ3) is 5.62. The summed E-state index contributed by atoms with van der Waals surface area (Å²) in [6.07, 6.45) is 1.03. The standard InChI is InChI=1S/C31H27F2NO4S/c1-39(37,38)27-4-2-3-23(19-27)20-5-7-22(8-6-20)30-28(17-18-29(35)21-9-11-24(32)12-10-21)31(36)34(30)26-15-13-25(33)14-16-26/h2-16,19,28-30,35H,17-18H2,1H3/t28?,29-,30?/m0/s1. The Bertz CT molecular complexity index is 1590. The fourth-order valence-electron chi connectivity index (χ4n) is 5.07. The maximum atomic E-state index is 13.6. The summed E-state index contributed by atoms with van der Waals surface area (Å²) < 4.78 is 50.8. The predicted octanol–water partition coefficient (Wildman–Crippen LogP) is 6.25. The molecular formula is C31H27F2NO4S. The van der Waals surface area contributed by atoms with Crippen LogP contribution in [0, 0.1) is 17.6 Å². The maximum absolute atomic E-state index is 13.6. The van der Waals surface area contributed by atoms with E-state index in [9.17, 15) is 27.1 Å². The molecule has 3 atom stereocenters. The van der Waals surface area contributed by atoms with Gasteiger partial charge in [0, 0.05) is 11.9 Å². The van der Waals surface area contributed by atoms with E-state index in [-0.39, 0.29) is 22.7 Å². The molecule has 0 saturated carbocycles. The molecule has 0 spiro atoms. The molecule has 1 aliphatic rings. The third-order valence-corrected chi connectivity index (χ3v) is 8.28. The lowest BCUT2D eigenvalue weighted by atomic mass is 9.78. The Morgan fingerprint density at radius 3 is 2.08 bits per heavy atom. The zero-order valence-electron chi connectivity index (χ0n) is 21.2. The molecule has 0 radical (unpaired) electrons. The summed E-state index contributed by atoms with van der Waals surface area (Å²) in [7, 11) is -3.35. The van der Waals surface area contributed by atoms with Gasteiger partial charge in [0.15, 0.2) is 9.84 Å². The van der Waals surface area contributed by atoms with E-state index in [2.05, 4.69) is 0 Å². The summed E-state index contributed by atoms with van der Waals surface area (Å²) in [5.41, 5.74) is 3.60. The number of carbonyl (C=O) groups is 1. The molecule has 5 nitrogen and oxygen atoms in total. The van der Waals surface area contributed by atoms with Gasteiger partial charge in [0.25, 0.3) is 0 Å². The van der Waals surface area contributed by atoms with E-state index in [1.165, 1.54) is 42.7 Å². The van der Waals surface area contributed by atoms with Crippen LogP contribution < -0.4 is 4.90 Å². The van der Waals surface area contributed by atoms with Gasteiger partial charge in [-0.15, -0.1) is 0 Å². The van der Waals surface area contributed by atoms with Crippen molar-refractivity contribution in [3.63, 3.8) is 0 Å². The Morgan fingerprint density at radius 2 is 1.46 bits per heavy atom. The van der Waals surface area contributed by atoms with Crippen LogP contribution in [0.3, 0.4) is 0 Å². The second-order valence-electron chi connectivity index (χ2n) is 9.80. The molecular weight excluding hydrogens is 520 g/mol. The summed E-state index contributed by atoms with van der Waals surface area (Å²) in [6.45, 7) is 0. The van der Waals surface area contributed by atoms with E-state index < -0.39 is 27.7 Å². The van der Waals surface area contributed by atoms with Crippen LogP contribution in [0.25, 0.3) is 11.1 Å². The summed E-state index contributed by atoms with van der Waals surface area (Å²) >= 11 is 0. The average Bonchev–Trinajstić information content (AvgIpc) is 2.93. The number of rotatable bonds is 8. The highest BCUT2D eigenvalue weighted by Crippen LogP contribution is 2.46. The van der Waals surface area contributed by atoms with E-state index >= 15 is 0 Å². The van der Waals surface area contributed by atoms with Gasteiger partial charge in [-0.2, -0.15) is 0 Å². The van der Waals surface area contributed by atoms with Gasteiger partial charge in [-0.3, -0.25) is 4.79 Å². The zero-order valence-corrected chi connectivity index (χ0v) is 22.0. The van der Waals surface area contributed by atoms with Crippen molar-refractivity contribution in [1.82, 2.24) is 0 Å². The fraction of sp³-hybridized carbons (Fsp3) is 0.194. The number of aliphatic hydroxyl groups excluding tert-OH is 1. The number of carbonyl (C=O) groups excluding carboxylic acids is 1. The number of aliphatic hydroxyl groups is 1. The topological polar surface area (TPSA) is 74.7 Å². The largest absolute Gasteiger partial charge is 0.388 e. The van der Waals surface area contributed by atoms with E-state index in [1.54, 1.807) is 35.2 Å². The van der Waals surface area contributed by atoms with Crippen LogP contribution in [0.15, 0.2) is 102 Å². The minimum Gasteiger partial charge on any atom is -0.388 e. The first-order valence-electron chi connectivity index (χ1n) is 12.5. The molecule has 0 bridgehead atoms. The van der Waals surface area contributed by atoms with Crippen LogP contribution in [0.4, 0.5) is 14.5 Å². The van der Waals surface area contributed by atoms with E-state index in [0.717, 1.165) is 16.7 Å². The van der Waals surface area contributed by atoms with Crippen LogP contribution in [0.2, 0.25) is 0 Å². The van der Waals surface area contributed by atoms with Gasteiger partial charge in [-0.25, -0.2) is 17.2 Å². The molecule has 5 rings (SSSR count). The second kappa shape index (κ2) is 10.7. The lowest BCUT2D eigenvalue weighted by molar-refractivity contribution is -0.131. The van der Waals surface area contributed by atoms with Crippen molar-refractivity contribution in [1.29, 1.82) is 0 Å². The number of halogens is 2. The number of benzene rings is 4. The predicted molar refractivity (Wildman–Crippen MR) is 146 cm³/mol. The Morgan fingerprint density at radius 1 is 0.846 bits per heavy atom. The Kier molecular flexibility index (Phi) is 7.34. The number of nitrogens with zero attached hydrogens (tertiary/aromatic N) is 1. The van der Waals surface area contributed by atoms with Gasteiger partial charge in [-0.1, -0.05) is 48.5 Å². The molecule has 4 aromatic carbocycles. The molecule has 39 heavy (non-hydrogen) atoms. The van der Waals surface area contributed by atoms with Crippen LogP contribution in [-0.2, 0) is 14.6 Å². The van der Waals surface area contributed by atoms with Crippen molar-refractivity contribution in [2.45, 2.75) is 29.9 Å². The highest BCUT2D eigenvalue weighted by molar-refractivity contribution is 7.90. The van der Waals surface area contributed by atoms with Gasteiger partial charge in [0.1, 0.15) is 11.6 Å². The number of β-lactam (4-membered cyclic amide) rings is 1. The Hall–Kier alpha value is -3.88. The molecule has 4 aromatic rings. The maximum Gasteiger partial charge on any atom is 0.233 e. The fourth-order valence-corrected chi connectivity index (χ4v) is 5.74. The first kappa shape index (κ1) is 26.7. The monoisotopic (exact) mass is 547 g/mol. The van der Waals surface area contributed by atoms with Crippen molar-refractivity contribution in [3.05, 3.63) is 120 Å². The molecule has 1 amide bonds. The number of amides is 1. The van der Waals surface area contributed by atoms with Gasteiger partial charge >= 0.3 is 0 Å². The molecule has 1 fully saturated rings. The average molecular weight is 548 g/mol. The van der Waals surface area contributed by atoms with Crippen LogP contribution in [0.1, 0.15) is 36.1 Å². The first-order valence-corrected chi connectivity index (χ1v) is 14.4. The molecule has 1 N–H and O–H groups in total. The zero-order chi connectivity index (χ0) is 27.7. The van der Waals surface area contributed by atoms with Gasteiger partial charge < -0.3 is 10.0 Å². The van der Waals surface area contributed by atoms with Crippen LogP contribution >= 0.6 is 0 Å². The Balaban J connectivity index is 1.41. The van der Waals surface area contributed by atoms with Gasteiger partial charge in [0.05, 0.1) is 23.0 Å². The molecule has 1 aliphatic heterocycles.